The summed E-state index contributed by atoms with van der Waals surface area (Å²) in [7, 11) is 1.29. The molecule has 0 aliphatic carbocycles. The zero-order chi connectivity index (χ0) is 18.0. The Kier molecular flexibility index (Phi) is 4.29. The van der Waals surface area contributed by atoms with Crippen molar-refractivity contribution in [2.24, 2.45) is 0 Å². The number of hydrogen-bond donors (Lipinski definition) is 1. The van der Waals surface area contributed by atoms with Crippen LogP contribution < -0.4 is 10.9 Å². The summed E-state index contributed by atoms with van der Waals surface area (Å²) in [6.07, 6.45) is 1.23. The van der Waals surface area contributed by atoms with Crippen molar-refractivity contribution < 1.29 is 18.8 Å². The highest BCUT2D eigenvalue weighted by atomic mass is 16.5. The molecule has 9 nitrogen and oxygen atoms in total. The molecule has 128 valence electrons. The number of nitrogens with zero attached hydrogens (tertiary/aromatic N) is 3. The van der Waals surface area contributed by atoms with Crippen LogP contribution in [-0.4, -0.2) is 33.7 Å². The normalized spacial score (nSPS) is 10.6. The van der Waals surface area contributed by atoms with Crippen LogP contribution in [0.4, 0.5) is 5.69 Å². The molecule has 25 heavy (non-hydrogen) atoms. The molecule has 3 aromatic rings. The SMILES string of the molecule is COC(=O)c1ccc(NC(=O)Cn2cnc3onc(C)c3c2=O)cc1. The van der Waals surface area contributed by atoms with Gasteiger partial charge in [-0.05, 0) is 31.2 Å². The van der Waals surface area contributed by atoms with Crippen molar-refractivity contribution >= 4 is 28.7 Å². The maximum Gasteiger partial charge on any atom is 0.337 e. The third-order valence-corrected chi connectivity index (χ3v) is 3.54. The van der Waals surface area contributed by atoms with Gasteiger partial charge in [0.1, 0.15) is 18.3 Å². The van der Waals surface area contributed by atoms with Crippen LogP contribution in [0.5, 0.6) is 0 Å². The second-order valence-electron chi connectivity index (χ2n) is 5.24. The first-order chi connectivity index (χ1) is 12.0. The van der Waals surface area contributed by atoms with E-state index in [0.29, 0.717) is 16.9 Å². The minimum Gasteiger partial charge on any atom is -0.465 e. The number of ether oxygens (including phenoxy) is 1. The smallest absolute Gasteiger partial charge is 0.337 e. The molecule has 1 amide bonds. The third kappa shape index (κ3) is 3.25. The molecule has 0 bridgehead atoms. The summed E-state index contributed by atoms with van der Waals surface area (Å²) >= 11 is 0. The number of anilines is 1. The highest BCUT2D eigenvalue weighted by Crippen LogP contribution is 2.11. The van der Waals surface area contributed by atoms with E-state index in [1.54, 1.807) is 19.1 Å². The molecular formula is C16H14N4O5. The lowest BCUT2D eigenvalue weighted by atomic mass is 10.2. The number of carbonyl (C=O) groups is 2. The second kappa shape index (κ2) is 6.56. The summed E-state index contributed by atoms with van der Waals surface area (Å²) in [5, 5.41) is 6.57. The van der Waals surface area contributed by atoms with E-state index in [-0.39, 0.29) is 17.6 Å². The van der Waals surface area contributed by atoms with E-state index in [1.165, 1.54) is 30.1 Å². The second-order valence-corrected chi connectivity index (χ2v) is 5.24. The number of nitrogens with one attached hydrogen (secondary N) is 1. The number of carbonyl (C=O) groups excluding carboxylic acids is 2. The number of methoxy groups -OCH3 is 1. The number of fused-ring (bicyclic) bond motifs is 1. The zero-order valence-electron chi connectivity index (χ0n) is 13.5. The first-order valence-electron chi connectivity index (χ1n) is 7.29. The Morgan fingerprint density at radius 2 is 2.00 bits per heavy atom. The first-order valence-corrected chi connectivity index (χ1v) is 7.29. The summed E-state index contributed by atoms with van der Waals surface area (Å²) in [5.41, 5.74) is 1.01. The number of aromatic nitrogens is 3. The molecule has 0 fully saturated rings. The minimum absolute atomic E-state index is 0.137. The van der Waals surface area contributed by atoms with E-state index >= 15 is 0 Å². The van der Waals surface area contributed by atoms with Crippen LogP contribution in [0.1, 0.15) is 16.1 Å². The molecule has 0 atom stereocenters. The monoisotopic (exact) mass is 342 g/mol. The first kappa shape index (κ1) is 16.4. The van der Waals surface area contributed by atoms with Crippen LogP contribution in [0.25, 0.3) is 11.1 Å². The summed E-state index contributed by atoms with van der Waals surface area (Å²) in [5.74, 6) is -0.879. The number of benzene rings is 1. The van der Waals surface area contributed by atoms with Gasteiger partial charge in [0.25, 0.3) is 11.3 Å². The van der Waals surface area contributed by atoms with Crippen molar-refractivity contribution in [2.45, 2.75) is 13.5 Å². The van der Waals surface area contributed by atoms with Crippen molar-refractivity contribution in [3.8, 4) is 0 Å². The molecule has 2 heterocycles. The van der Waals surface area contributed by atoms with Gasteiger partial charge in [0.15, 0.2) is 0 Å². The van der Waals surface area contributed by atoms with Gasteiger partial charge in [0.05, 0.1) is 18.4 Å². The number of amides is 1. The number of esters is 1. The van der Waals surface area contributed by atoms with E-state index in [4.69, 9.17) is 4.52 Å². The minimum atomic E-state index is -0.465. The van der Waals surface area contributed by atoms with Crippen LogP contribution >= 0.6 is 0 Å². The molecule has 1 aromatic carbocycles. The fraction of sp³-hybridized carbons (Fsp3) is 0.188. The maximum atomic E-state index is 12.3. The van der Waals surface area contributed by atoms with E-state index in [1.807, 2.05) is 0 Å². The molecule has 3 rings (SSSR count). The van der Waals surface area contributed by atoms with E-state index in [0.717, 1.165) is 0 Å². The predicted octanol–water partition coefficient (Wildman–Crippen LogP) is 1.12. The fourth-order valence-corrected chi connectivity index (χ4v) is 2.29. The van der Waals surface area contributed by atoms with Crippen molar-refractivity contribution in [2.75, 3.05) is 12.4 Å². The Bertz CT molecular complexity index is 1000. The van der Waals surface area contributed by atoms with Crippen molar-refractivity contribution in [3.63, 3.8) is 0 Å². The van der Waals surface area contributed by atoms with Gasteiger partial charge in [-0.3, -0.25) is 14.2 Å². The summed E-state index contributed by atoms with van der Waals surface area (Å²) in [6, 6.07) is 6.19. The van der Waals surface area contributed by atoms with Gasteiger partial charge < -0.3 is 14.6 Å². The largest absolute Gasteiger partial charge is 0.465 e. The summed E-state index contributed by atoms with van der Waals surface area (Å²) in [6.45, 7) is 1.41. The van der Waals surface area contributed by atoms with Gasteiger partial charge >= 0.3 is 5.97 Å². The third-order valence-electron chi connectivity index (χ3n) is 3.54. The maximum absolute atomic E-state index is 12.3. The Labute approximate surface area is 141 Å². The van der Waals surface area contributed by atoms with Crippen molar-refractivity contribution in [1.29, 1.82) is 0 Å². The molecule has 0 saturated carbocycles. The zero-order valence-corrected chi connectivity index (χ0v) is 13.5. The average Bonchev–Trinajstić information content (AvgIpc) is 2.99. The van der Waals surface area contributed by atoms with Gasteiger partial charge in [-0.15, -0.1) is 0 Å². The van der Waals surface area contributed by atoms with Crippen LogP contribution in [0, 0.1) is 6.92 Å². The lowest BCUT2D eigenvalue weighted by Crippen LogP contribution is -2.27. The summed E-state index contributed by atoms with van der Waals surface area (Å²) in [4.78, 5) is 39.8. The molecule has 0 saturated heterocycles. The van der Waals surface area contributed by atoms with Gasteiger partial charge in [-0.25, -0.2) is 9.78 Å². The van der Waals surface area contributed by atoms with E-state index in [9.17, 15) is 14.4 Å². The van der Waals surface area contributed by atoms with Crippen LogP contribution in [0.15, 0.2) is 39.9 Å². The molecule has 0 unspecified atom stereocenters. The van der Waals surface area contributed by atoms with Crippen LogP contribution in [-0.2, 0) is 16.1 Å². The lowest BCUT2D eigenvalue weighted by molar-refractivity contribution is -0.116. The predicted molar refractivity (Wildman–Crippen MR) is 87.2 cm³/mol. The number of hydrogen-bond acceptors (Lipinski definition) is 7. The molecule has 2 aromatic heterocycles. The Morgan fingerprint density at radius 3 is 2.68 bits per heavy atom. The van der Waals surface area contributed by atoms with Crippen molar-refractivity contribution in [1.82, 2.24) is 14.7 Å². The Balaban J connectivity index is 1.74. The molecular weight excluding hydrogens is 328 g/mol. The molecule has 0 radical (unpaired) electrons. The fourth-order valence-electron chi connectivity index (χ4n) is 2.29. The van der Waals surface area contributed by atoms with E-state index < -0.39 is 17.4 Å². The molecule has 9 heteroatoms. The van der Waals surface area contributed by atoms with Gasteiger partial charge in [-0.2, -0.15) is 0 Å². The molecule has 0 spiro atoms. The van der Waals surface area contributed by atoms with Crippen LogP contribution in [0.3, 0.4) is 0 Å². The van der Waals surface area contributed by atoms with Gasteiger partial charge in [0, 0.05) is 5.69 Å². The topological polar surface area (TPSA) is 116 Å². The average molecular weight is 342 g/mol. The van der Waals surface area contributed by atoms with Gasteiger partial charge in [-0.1, -0.05) is 5.16 Å². The van der Waals surface area contributed by atoms with Gasteiger partial charge in [0.2, 0.25) is 5.91 Å². The highest BCUT2D eigenvalue weighted by Gasteiger charge is 2.14. The lowest BCUT2D eigenvalue weighted by Gasteiger charge is -2.07. The number of aryl methyl sites for hydroxylation is 1. The number of rotatable bonds is 4. The quantitative estimate of drug-likeness (QED) is 0.706. The highest BCUT2D eigenvalue weighted by molar-refractivity contribution is 5.93. The Morgan fingerprint density at radius 1 is 1.28 bits per heavy atom. The molecule has 0 aliphatic rings. The van der Waals surface area contributed by atoms with Crippen molar-refractivity contribution in [3.05, 3.63) is 52.2 Å². The molecule has 0 aliphatic heterocycles. The molecule has 1 N–H and O–H groups in total. The standard InChI is InChI=1S/C16H14N4O5/c1-9-13-14(25-19-9)17-8-20(15(13)22)7-12(21)18-11-5-3-10(4-6-11)16(23)24-2/h3-6,8H,7H2,1-2H3,(H,18,21). The Hall–Kier alpha value is -3.49. The summed E-state index contributed by atoms with van der Waals surface area (Å²) < 4.78 is 10.7. The van der Waals surface area contributed by atoms with E-state index in [2.05, 4.69) is 20.2 Å². The van der Waals surface area contributed by atoms with Crippen LogP contribution in [0.2, 0.25) is 0 Å².